The molecule has 0 heterocycles. The molecule has 1 amide bonds. The van der Waals surface area contributed by atoms with E-state index in [-0.39, 0.29) is 12.5 Å². The molecule has 1 aromatic rings. The molecular weight excluding hydrogens is 264 g/mol. The van der Waals surface area contributed by atoms with Gasteiger partial charge in [-0.15, -0.1) is 0 Å². The summed E-state index contributed by atoms with van der Waals surface area (Å²) < 4.78 is 5.61. The number of nitrogens with one attached hydrogen (secondary N) is 2. The Morgan fingerprint density at radius 3 is 2.81 bits per heavy atom. The molecule has 2 N–H and O–H groups in total. The maximum Gasteiger partial charge on any atom is 0.257 e. The lowest BCUT2D eigenvalue weighted by Crippen LogP contribution is -2.30. The molecule has 0 saturated heterocycles. The Hall–Kier alpha value is -1.55. The second-order valence-electron chi connectivity index (χ2n) is 5.84. The Bertz CT molecular complexity index is 484. The number of rotatable bonds is 8. The van der Waals surface area contributed by atoms with Gasteiger partial charge in [0, 0.05) is 12.6 Å². The van der Waals surface area contributed by atoms with Crippen molar-refractivity contribution in [3.05, 3.63) is 29.3 Å². The molecule has 0 bridgehead atoms. The maximum atomic E-state index is 11.7. The molecule has 1 aliphatic carbocycles. The molecule has 0 aromatic heterocycles. The van der Waals surface area contributed by atoms with Gasteiger partial charge in [-0.3, -0.25) is 4.79 Å². The van der Waals surface area contributed by atoms with Gasteiger partial charge >= 0.3 is 0 Å². The topological polar surface area (TPSA) is 50.4 Å². The quantitative estimate of drug-likeness (QED) is 0.773. The van der Waals surface area contributed by atoms with Gasteiger partial charge < -0.3 is 15.4 Å². The maximum absolute atomic E-state index is 11.7. The third-order valence-electron chi connectivity index (χ3n) is 3.85. The van der Waals surface area contributed by atoms with Gasteiger partial charge in [0.15, 0.2) is 6.61 Å². The summed E-state index contributed by atoms with van der Waals surface area (Å²) in [5.41, 5.74) is 2.30. The molecule has 4 nitrogen and oxygen atoms in total. The highest BCUT2D eigenvalue weighted by atomic mass is 16.5. The van der Waals surface area contributed by atoms with Crippen LogP contribution < -0.4 is 15.4 Å². The van der Waals surface area contributed by atoms with Crippen molar-refractivity contribution in [1.82, 2.24) is 10.6 Å². The van der Waals surface area contributed by atoms with Gasteiger partial charge in [0.2, 0.25) is 0 Å². The summed E-state index contributed by atoms with van der Waals surface area (Å²) in [7, 11) is 0. The van der Waals surface area contributed by atoms with Crippen LogP contribution in [0.25, 0.3) is 0 Å². The van der Waals surface area contributed by atoms with E-state index in [0.717, 1.165) is 24.4 Å². The van der Waals surface area contributed by atoms with Crippen LogP contribution in [0.15, 0.2) is 18.2 Å². The number of hydrogen-bond acceptors (Lipinski definition) is 3. The van der Waals surface area contributed by atoms with Gasteiger partial charge in [-0.05, 0) is 56.3 Å². The average Bonchev–Trinajstić information content (AvgIpc) is 3.28. The molecule has 116 valence electrons. The summed E-state index contributed by atoms with van der Waals surface area (Å²) in [5, 5.41) is 6.29. The van der Waals surface area contributed by atoms with E-state index in [1.54, 1.807) is 0 Å². The molecular formula is C17H26N2O2. The number of carbonyl (C=O) groups excluding carboxylic acids is 1. The van der Waals surface area contributed by atoms with Crippen LogP contribution in [0.1, 0.15) is 43.9 Å². The second kappa shape index (κ2) is 7.46. The molecule has 1 aromatic carbocycles. The van der Waals surface area contributed by atoms with E-state index < -0.39 is 0 Å². The first-order valence-electron chi connectivity index (χ1n) is 7.83. The lowest BCUT2D eigenvalue weighted by atomic mass is 10.1. The number of ether oxygens (including phenoxy) is 1. The summed E-state index contributed by atoms with van der Waals surface area (Å²) in [4.78, 5) is 11.7. The lowest BCUT2D eigenvalue weighted by molar-refractivity contribution is -0.123. The van der Waals surface area contributed by atoms with E-state index in [4.69, 9.17) is 4.74 Å². The van der Waals surface area contributed by atoms with Crippen LogP contribution in [-0.4, -0.2) is 25.6 Å². The van der Waals surface area contributed by atoms with Crippen molar-refractivity contribution in [3.8, 4) is 5.75 Å². The second-order valence-corrected chi connectivity index (χ2v) is 5.84. The number of hydrogen-bond donors (Lipinski definition) is 2. The Morgan fingerprint density at radius 1 is 1.43 bits per heavy atom. The standard InChI is InChI=1S/C17H26N2O2/c1-4-18-13(3)15-7-8-16(12(2)9-15)21-11-17(20)19-10-14-5-6-14/h7-9,13-14,18H,4-6,10-11H2,1-3H3,(H,19,20). The number of amides is 1. The average molecular weight is 290 g/mol. The third-order valence-corrected chi connectivity index (χ3v) is 3.85. The summed E-state index contributed by atoms with van der Waals surface area (Å²) >= 11 is 0. The van der Waals surface area contributed by atoms with Crippen LogP contribution in [-0.2, 0) is 4.79 Å². The minimum absolute atomic E-state index is 0.0357. The van der Waals surface area contributed by atoms with E-state index in [9.17, 15) is 4.79 Å². The zero-order valence-corrected chi connectivity index (χ0v) is 13.2. The highest BCUT2D eigenvalue weighted by Gasteiger charge is 2.21. The molecule has 4 heteroatoms. The van der Waals surface area contributed by atoms with Gasteiger partial charge in [-0.2, -0.15) is 0 Å². The molecule has 1 saturated carbocycles. The van der Waals surface area contributed by atoms with Crippen molar-refractivity contribution < 1.29 is 9.53 Å². The number of aryl methyl sites for hydroxylation is 1. The molecule has 1 unspecified atom stereocenters. The highest BCUT2D eigenvalue weighted by molar-refractivity contribution is 5.77. The van der Waals surface area contributed by atoms with Crippen molar-refractivity contribution >= 4 is 5.91 Å². The Labute approximate surface area is 127 Å². The normalized spacial score (nSPS) is 15.6. The SMILES string of the molecule is CCNC(C)c1ccc(OCC(=O)NCC2CC2)c(C)c1. The van der Waals surface area contributed by atoms with Crippen molar-refractivity contribution in [2.45, 2.75) is 39.7 Å². The molecule has 0 aliphatic heterocycles. The van der Waals surface area contributed by atoms with Gasteiger partial charge in [0.25, 0.3) is 5.91 Å². The first-order chi connectivity index (χ1) is 10.1. The first-order valence-corrected chi connectivity index (χ1v) is 7.83. The van der Waals surface area contributed by atoms with E-state index in [1.807, 2.05) is 13.0 Å². The number of carbonyl (C=O) groups is 1. The zero-order valence-electron chi connectivity index (χ0n) is 13.2. The first kappa shape index (κ1) is 15.8. The van der Waals surface area contributed by atoms with Gasteiger partial charge in [-0.1, -0.05) is 19.1 Å². The summed E-state index contributed by atoms with van der Waals surface area (Å²) in [5.74, 6) is 1.44. The fraction of sp³-hybridized carbons (Fsp3) is 0.588. The van der Waals surface area contributed by atoms with Crippen LogP contribution in [0.4, 0.5) is 0 Å². The van der Waals surface area contributed by atoms with Crippen LogP contribution in [0.3, 0.4) is 0 Å². The van der Waals surface area contributed by atoms with Crippen LogP contribution in [0.5, 0.6) is 5.75 Å². The largest absolute Gasteiger partial charge is 0.484 e. The predicted octanol–water partition coefficient (Wildman–Crippen LogP) is 2.57. The van der Waals surface area contributed by atoms with Crippen molar-refractivity contribution in [3.63, 3.8) is 0 Å². The van der Waals surface area contributed by atoms with Crippen LogP contribution in [0.2, 0.25) is 0 Å². The Kier molecular flexibility index (Phi) is 5.62. The molecule has 2 rings (SSSR count). The predicted molar refractivity (Wildman–Crippen MR) is 84.5 cm³/mol. The van der Waals surface area contributed by atoms with E-state index in [0.29, 0.717) is 12.0 Å². The van der Waals surface area contributed by atoms with E-state index >= 15 is 0 Å². The Balaban J connectivity index is 1.83. The number of benzene rings is 1. The zero-order chi connectivity index (χ0) is 15.2. The van der Waals surface area contributed by atoms with Gasteiger partial charge in [-0.25, -0.2) is 0 Å². The van der Waals surface area contributed by atoms with Crippen LogP contribution >= 0.6 is 0 Å². The van der Waals surface area contributed by atoms with Crippen molar-refractivity contribution in [2.24, 2.45) is 5.92 Å². The molecule has 1 fully saturated rings. The van der Waals surface area contributed by atoms with E-state index in [2.05, 4.69) is 36.6 Å². The smallest absolute Gasteiger partial charge is 0.257 e. The van der Waals surface area contributed by atoms with Gasteiger partial charge in [0.1, 0.15) is 5.75 Å². The highest BCUT2D eigenvalue weighted by Crippen LogP contribution is 2.27. The summed E-state index contributed by atoms with van der Waals surface area (Å²) in [6, 6.07) is 6.44. The molecule has 0 spiro atoms. The molecule has 0 radical (unpaired) electrons. The Morgan fingerprint density at radius 2 is 2.19 bits per heavy atom. The third kappa shape index (κ3) is 5.05. The van der Waals surface area contributed by atoms with Crippen molar-refractivity contribution in [1.29, 1.82) is 0 Å². The molecule has 21 heavy (non-hydrogen) atoms. The minimum Gasteiger partial charge on any atom is -0.484 e. The fourth-order valence-corrected chi connectivity index (χ4v) is 2.30. The van der Waals surface area contributed by atoms with Crippen LogP contribution in [0, 0.1) is 12.8 Å². The molecule has 1 atom stereocenters. The monoisotopic (exact) mass is 290 g/mol. The minimum atomic E-state index is -0.0357. The van der Waals surface area contributed by atoms with Crippen molar-refractivity contribution in [2.75, 3.05) is 19.7 Å². The summed E-state index contributed by atoms with van der Waals surface area (Å²) in [6.07, 6.45) is 2.48. The lowest BCUT2D eigenvalue weighted by Gasteiger charge is -2.15. The summed E-state index contributed by atoms with van der Waals surface area (Å²) in [6.45, 7) is 8.08. The molecule has 1 aliphatic rings. The van der Waals surface area contributed by atoms with Gasteiger partial charge in [0.05, 0.1) is 0 Å². The fourth-order valence-electron chi connectivity index (χ4n) is 2.30. The van der Waals surface area contributed by atoms with E-state index in [1.165, 1.54) is 18.4 Å².